The predicted octanol–water partition coefficient (Wildman–Crippen LogP) is 6.16. The Morgan fingerprint density at radius 2 is 1.60 bits per heavy atom. The summed E-state index contributed by atoms with van der Waals surface area (Å²) in [6.45, 7) is 8.03. The number of hydrogen-bond donors (Lipinski definition) is 1. The van der Waals surface area contributed by atoms with E-state index in [4.69, 9.17) is 11.6 Å². The normalized spacial score (nSPS) is 11.1. The minimum atomic E-state index is -0.719. The van der Waals surface area contributed by atoms with Crippen LogP contribution in [0.4, 0.5) is 15.9 Å². The number of aryl methyl sites for hydroxylation is 4. The summed E-state index contributed by atoms with van der Waals surface area (Å²) in [4.78, 5) is 17.0. The van der Waals surface area contributed by atoms with Crippen molar-refractivity contribution in [2.75, 3.05) is 5.32 Å². The van der Waals surface area contributed by atoms with Crippen molar-refractivity contribution in [2.45, 2.75) is 27.7 Å². The van der Waals surface area contributed by atoms with Crippen molar-refractivity contribution >= 4 is 34.1 Å². The van der Waals surface area contributed by atoms with Gasteiger partial charge in [0.15, 0.2) is 22.0 Å². The summed E-state index contributed by atoms with van der Waals surface area (Å²) >= 11 is 6.00. The maximum atomic E-state index is 14.1. The van der Waals surface area contributed by atoms with Gasteiger partial charge in [0.2, 0.25) is 0 Å². The van der Waals surface area contributed by atoms with Gasteiger partial charge in [0.05, 0.1) is 11.1 Å². The van der Waals surface area contributed by atoms with Gasteiger partial charge < -0.3 is 5.32 Å². The summed E-state index contributed by atoms with van der Waals surface area (Å²) in [5, 5.41) is 3.26. The third-order valence-corrected chi connectivity index (χ3v) is 5.40. The van der Waals surface area contributed by atoms with E-state index < -0.39 is 5.82 Å². The van der Waals surface area contributed by atoms with Crippen molar-refractivity contribution in [2.24, 2.45) is 0 Å². The highest BCUT2D eigenvalue weighted by Gasteiger charge is 2.17. The molecule has 0 aliphatic carbocycles. The number of fused-ring (bicyclic) bond motifs is 1. The first-order chi connectivity index (χ1) is 14.2. The average molecular weight is 422 g/mol. The second kappa shape index (κ2) is 7.58. The molecule has 4 rings (SSSR count). The Labute approximate surface area is 179 Å². The maximum absolute atomic E-state index is 14.1. The molecule has 6 heteroatoms. The van der Waals surface area contributed by atoms with Crippen molar-refractivity contribution < 1.29 is 4.39 Å². The zero-order valence-corrected chi connectivity index (χ0v) is 17.9. The summed E-state index contributed by atoms with van der Waals surface area (Å²) in [5.41, 5.74) is 5.95. The topological polar surface area (TPSA) is 46.9 Å². The number of rotatable bonds is 3. The zero-order chi connectivity index (χ0) is 21.6. The van der Waals surface area contributed by atoms with E-state index in [9.17, 15) is 9.18 Å². The highest BCUT2D eigenvalue weighted by molar-refractivity contribution is 6.29. The van der Waals surface area contributed by atoms with Gasteiger partial charge in [0.1, 0.15) is 5.82 Å². The Morgan fingerprint density at radius 3 is 2.27 bits per heavy atom. The van der Waals surface area contributed by atoms with Gasteiger partial charge in [-0.2, -0.15) is 0 Å². The van der Waals surface area contributed by atoms with Crippen LogP contribution < -0.4 is 10.7 Å². The van der Waals surface area contributed by atoms with Gasteiger partial charge in [-0.15, -0.1) is 0 Å². The number of anilines is 2. The van der Waals surface area contributed by atoms with Crippen LogP contribution in [-0.4, -0.2) is 9.55 Å². The van der Waals surface area contributed by atoms with Gasteiger partial charge in [-0.3, -0.25) is 9.36 Å². The van der Waals surface area contributed by atoms with Crippen molar-refractivity contribution in [3.05, 3.63) is 92.0 Å². The van der Waals surface area contributed by atoms with Gasteiger partial charge in [-0.1, -0.05) is 47.0 Å². The molecule has 0 spiro atoms. The molecular formula is C24H21ClFN3O. The number of hydrogen-bond acceptors (Lipinski definition) is 3. The quantitative estimate of drug-likeness (QED) is 0.403. The first-order valence-electron chi connectivity index (χ1n) is 9.58. The lowest BCUT2D eigenvalue weighted by Gasteiger charge is -2.20. The molecule has 152 valence electrons. The molecular weight excluding hydrogens is 401 g/mol. The number of nitrogens with zero attached hydrogens (tertiary/aromatic N) is 2. The fourth-order valence-corrected chi connectivity index (χ4v) is 3.81. The summed E-state index contributed by atoms with van der Waals surface area (Å²) in [5.74, 6) is -0.190. The van der Waals surface area contributed by atoms with E-state index >= 15 is 0 Å². The van der Waals surface area contributed by atoms with E-state index in [-0.39, 0.29) is 16.0 Å². The minimum Gasteiger partial charge on any atom is -0.341 e. The fraction of sp³-hybridized carbons (Fsp3) is 0.167. The molecule has 4 aromatic rings. The van der Waals surface area contributed by atoms with Crippen LogP contribution in [0.2, 0.25) is 5.15 Å². The largest absolute Gasteiger partial charge is 0.341 e. The van der Waals surface area contributed by atoms with E-state index in [1.807, 2.05) is 62.6 Å². The summed E-state index contributed by atoms with van der Waals surface area (Å²) < 4.78 is 15.9. The van der Waals surface area contributed by atoms with Crippen LogP contribution in [0.5, 0.6) is 0 Å². The molecule has 4 nitrogen and oxygen atoms in total. The lowest BCUT2D eigenvalue weighted by molar-refractivity contribution is 0.624. The number of halogens is 2. The maximum Gasteiger partial charge on any atom is 0.193 e. The Hall–Kier alpha value is -3.18. The second-order valence-electron chi connectivity index (χ2n) is 7.59. The lowest BCUT2D eigenvalue weighted by Crippen LogP contribution is -2.15. The smallest absolute Gasteiger partial charge is 0.193 e. The molecule has 0 bridgehead atoms. The summed E-state index contributed by atoms with van der Waals surface area (Å²) in [6.07, 6.45) is 0. The molecule has 0 amide bonds. The predicted molar refractivity (Wildman–Crippen MR) is 121 cm³/mol. The van der Waals surface area contributed by atoms with Crippen LogP contribution in [0.25, 0.3) is 16.7 Å². The molecule has 30 heavy (non-hydrogen) atoms. The molecule has 0 unspecified atom stereocenters. The fourth-order valence-electron chi connectivity index (χ4n) is 3.67. The van der Waals surface area contributed by atoms with Crippen LogP contribution in [0, 0.1) is 33.5 Å². The lowest BCUT2D eigenvalue weighted by atomic mass is 10.1. The van der Waals surface area contributed by atoms with E-state index in [0.29, 0.717) is 11.5 Å². The third kappa shape index (κ3) is 3.57. The van der Waals surface area contributed by atoms with Crippen molar-refractivity contribution in [1.82, 2.24) is 9.55 Å². The van der Waals surface area contributed by atoms with E-state index in [1.165, 1.54) is 6.07 Å². The van der Waals surface area contributed by atoms with E-state index in [1.54, 1.807) is 0 Å². The van der Waals surface area contributed by atoms with Gasteiger partial charge >= 0.3 is 0 Å². The molecule has 2 aromatic heterocycles. The molecule has 1 N–H and O–H groups in total. The number of pyridine rings is 2. The number of benzene rings is 2. The highest BCUT2D eigenvalue weighted by Crippen LogP contribution is 2.29. The molecule has 0 radical (unpaired) electrons. The molecule has 0 aliphatic heterocycles. The van der Waals surface area contributed by atoms with Crippen LogP contribution in [0.15, 0.2) is 53.3 Å². The molecule has 0 fully saturated rings. The first kappa shape index (κ1) is 20.1. The molecule has 0 aliphatic rings. The van der Waals surface area contributed by atoms with Gasteiger partial charge in [-0.05, 0) is 57.0 Å². The third-order valence-electron chi connectivity index (χ3n) is 5.14. The van der Waals surface area contributed by atoms with Crippen LogP contribution in [-0.2, 0) is 0 Å². The standard InChI is InChI=1S/C24H21ClFN3O/c1-13-5-7-19(15(3)9-13)27-22-12-21(30)17-11-18(26)23(25)28-24(17)29(22)20-8-6-14(2)10-16(20)4/h5-12,27H,1-4H3. The Kier molecular flexibility index (Phi) is 5.08. The SMILES string of the molecule is Cc1ccc(Nc2cc(=O)c3cc(F)c(Cl)nc3n2-c2ccc(C)cc2C)c(C)c1. The highest BCUT2D eigenvalue weighted by atomic mass is 35.5. The van der Waals surface area contributed by atoms with Crippen molar-refractivity contribution in [3.63, 3.8) is 0 Å². The number of aromatic nitrogens is 2. The van der Waals surface area contributed by atoms with Crippen LogP contribution in [0.1, 0.15) is 22.3 Å². The summed E-state index contributed by atoms with van der Waals surface area (Å²) in [7, 11) is 0. The van der Waals surface area contributed by atoms with E-state index in [0.717, 1.165) is 39.7 Å². The van der Waals surface area contributed by atoms with E-state index in [2.05, 4.69) is 16.4 Å². The Balaban J connectivity index is 2.06. The minimum absolute atomic E-state index is 0.169. The summed E-state index contributed by atoms with van der Waals surface area (Å²) in [6, 6.07) is 14.6. The average Bonchev–Trinajstić information content (AvgIpc) is 2.67. The Morgan fingerprint density at radius 1 is 0.933 bits per heavy atom. The van der Waals surface area contributed by atoms with Crippen LogP contribution in [0.3, 0.4) is 0 Å². The number of nitrogens with one attached hydrogen (secondary N) is 1. The first-order valence-corrected chi connectivity index (χ1v) is 9.96. The molecule has 0 saturated carbocycles. The van der Waals surface area contributed by atoms with Gasteiger partial charge in [-0.25, -0.2) is 9.37 Å². The molecule has 2 aromatic carbocycles. The van der Waals surface area contributed by atoms with Gasteiger partial charge in [0, 0.05) is 11.8 Å². The molecule has 2 heterocycles. The van der Waals surface area contributed by atoms with Crippen molar-refractivity contribution in [3.8, 4) is 5.69 Å². The Bertz CT molecular complexity index is 1360. The monoisotopic (exact) mass is 421 g/mol. The second-order valence-corrected chi connectivity index (χ2v) is 7.95. The van der Waals surface area contributed by atoms with Gasteiger partial charge in [0.25, 0.3) is 0 Å². The zero-order valence-electron chi connectivity index (χ0n) is 17.2. The van der Waals surface area contributed by atoms with Crippen LogP contribution >= 0.6 is 11.6 Å². The molecule has 0 saturated heterocycles. The van der Waals surface area contributed by atoms with Crippen molar-refractivity contribution in [1.29, 1.82) is 0 Å². The molecule has 0 atom stereocenters.